The minimum absolute atomic E-state index is 0.830. The fourth-order valence-corrected chi connectivity index (χ4v) is 6.28. The lowest BCUT2D eigenvalue weighted by Crippen LogP contribution is -1.91. The molecule has 0 aliphatic rings. The van der Waals surface area contributed by atoms with Crippen molar-refractivity contribution in [3.8, 4) is 11.1 Å². The molecule has 0 saturated heterocycles. The van der Waals surface area contributed by atoms with Crippen molar-refractivity contribution in [1.82, 2.24) is 0 Å². The molecule has 1 heterocycles. The van der Waals surface area contributed by atoms with Gasteiger partial charge >= 0.3 is 0 Å². The van der Waals surface area contributed by atoms with Crippen molar-refractivity contribution in [2.24, 2.45) is 0 Å². The van der Waals surface area contributed by atoms with E-state index in [9.17, 15) is 0 Å². The average Bonchev–Trinajstić information content (AvgIpc) is 3.39. The number of rotatable bonds is 4. The van der Waals surface area contributed by atoms with Gasteiger partial charge < -0.3 is 4.42 Å². The van der Waals surface area contributed by atoms with Crippen molar-refractivity contribution in [3.63, 3.8) is 0 Å². The van der Waals surface area contributed by atoms with Gasteiger partial charge in [-0.05, 0) is 73.1 Å². The largest absolute Gasteiger partial charge is 0.456 e. The van der Waals surface area contributed by atoms with Crippen LogP contribution in [-0.2, 0) is 6.42 Å². The number of benzene rings is 7. The first kappa shape index (κ1) is 22.8. The number of fused-ring (bicyclic) bond motifs is 7. The molecule has 0 N–H and O–H groups in total. The number of allylic oxidation sites excluding steroid dienone is 1. The summed E-state index contributed by atoms with van der Waals surface area (Å²) in [6, 6.07) is 47.8. The normalized spacial score (nSPS) is 12.0. The first-order chi connectivity index (χ1) is 19.8. The van der Waals surface area contributed by atoms with Crippen LogP contribution in [0.4, 0.5) is 0 Å². The van der Waals surface area contributed by atoms with E-state index in [0.29, 0.717) is 0 Å². The zero-order valence-electron chi connectivity index (χ0n) is 22.0. The lowest BCUT2D eigenvalue weighted by Gasteiger charge is -2.17. The predicted molar refractivity (Wildman–Crippen MR) is 171 cm³/mol. The Kier molecular flexibility index (Phi) is 5.28. The standard InChI is InChI=1S/C39H26O/c1-2-13-28(14-3-1)38-34-18-7-6-16-30(34)31(35-24-22-27-12-4-5-15-29(27)39(35)38)19-10-11-26-21-23-33-32-17-8-9-20-36(32)40-37(33)25-26/h1-10,12-25H,11H2/b19-10+. The van der Waals surface area contributed by atoms with Crippen LogP contribution in [-0.4, -0.2) is 0 Å². The summed E-state index contributed by atoms with van der Waals surface area (Å²) in [5, 5.41) is 10.0. The third-order valence-corrected chi connectivity index (χ3v) is 8.10. The molecule has 188 valence electrons. The van der Waals surface area contributed by atoms with Gasteiger partial charge in [0.2, 0.25) is 0 Å². The van der Waals surface area contributed by atoms with Gasteiger partial charge in [-0.15, -0.1) is 0 Å². The molecule has 0 atom stereocenters. The Morgan fingerprint density at radius 1 is 0.500 bits per heavy atom. The van der Waals surface area contributed by atoms with Crippen molar-refractivity contribution >= 4 is 60.3 Å². The van der Waals surface area contributed by atoms with Gasteiger partial charge in [-0.3, -0.25) is 0 Å². The molecule has 0 saturated carbocycles. The van der Waals surface area contributed by atoms with E-state index in [0.717, 1.165) is 17.6 Å². The van der Waals surface area contributed by atoms with Crippen LogP contribution in [0.2, 0.25) is 0 Å². The molecule has 1 heteroatoms. The summed E-state index contributed by atoms with van der Waals surface area (Å²) in [5.74, 6) is 0. The van der Waals surface area contributed by atoms with E-state index in [2.05, 4.69) is 133 Å². The monoisotopic (exact) mass is 510 g/mol. The summed E-state index contributed by atoms with van der Waals surface area (Å²) < 4.78 is 6.15. The Morgan fingerprint density at radius 3 is 2.05 bits per heavy atom. The molecule has 40 heavy (non-hydrogen) atoms. The molecule has 0 unspecified atom stereocenters. The lowest BCUT2D eigenvalue weighted by molar-refractivity contribution is 0.668. The molecule has 1 aromatic heterocycles. The van der Waals surface area contributed by atoms with Crippen LogP contribution >= 0.6 is 0 Å². The maximum absolute atomic E-state index is 6.15. The highest BCUT2D eigenvalue weighted by Gasteiger charge is 2.16. The zero-order valence-corrected chi connectivity index (χ0v) is 22.0. The molecule has 0 spiro atoms. The first-order valence-electron chi connectivity index (χ1n) is 13.8. The average molecular weight is 511 g/mol. The van der Waals surface area contributed by atoms with Gasteiger partial charge in [-0.2, -0.15) is 0 Å². The predicted octanol–water partition coefficient (Wildman–Crippen LogP) is 11.0. The quantitative estimate of drug-likeness (QED) is 0.169. The molecular formula is C39H26O. The van der Waals surface area contributed by atoms with Crippen molar-refractivity contribution in [2.75, 3.05) is 0 Å². The van der Waals surface area contributed by atoms with Crippen LogP contribution in [0.1, 0.15) is 11.1 Å². The van der Waals surface area contributed by atoms with Crippen molar-refractivity contribution < 1.29 is 4.42 Å². The summed E-state index contributed by atoms with van der Waals surface area (Å²) in [6.45, 7) is 0. The third-order valence-electron chi connectivity index (χ3n) is 8.10. The zero-order chi connectivity index (χ0) is 26.5. The topological polar surface area (TPSA) is 13.1 Å². The maximum Gasteiger partial charge on any atom is 0.135 e. The van der Waals surface area contributed by atoms with Gasteiger partial charge in [0.15, 0.2) is 0 Å². The van der Waals surface area contributed by atoms with Crippen LogP contribution in [0.3, 0.4) is 0 Å². The second-order valence-corrected chi connectivity index (χ2v) is 10.4. The molecule has 0 fully saturated rings. The molecule has 7 aromatic carbocycles. The van der Waals surface area contributed by atoms with Crippen molar-refractivity contribution in [2.45, 2.75) is 6.42 Å². The van der Waals surface area contributed by atoms with Crippen LogP contribution < -0.4 is 0 Å². The second kappa shape index (κ2) is 9.25. The molecule has 0 bridgehead atoms. The van der Waals surface area contributed by atoms with Crippen LogP contribution in [0.25, 0.3) is 71.5 Å². The highest BCUT2D eigenvalue weighted by atomic mass is 16.3. The van der Waals surface area contributed by atoms with Gasteiger partial charge in [-0.25, -0.2) is 0 Å². The van der Waals surface area contributed by atoms with Gasteiger partial charge in [0, 0.05) is 10.8 Å². The summed E-state index contributed by atoms with van der Waals surface area (Å²) in [7, 11) is 0. The van der Waals surface area contributed by atoms with E-state index in [1.165, 1.54) is 65.3 Å². The van der Waals surface area contributed by atoms with E-state index < -0.39 is 0 Å². The van der Waals surface area contributed by atoms with Crippen LogP contribution in [0, 0.1) is 0 Å². The fourth-order valence-electron chi connectivity index (χ4n) is 6.28. The Morgan fingerprint density at radius 2 is 1.18 bits per heavy atom. The summed E-state index contributed by atoms with van der Waals surface area (Å²) in [5.41, 5.74) is 6.93. The van der Waals surface area contributed by atoms with E-state index >= 15 is 0 Å². The molecule has 0 aliphatic heterocycles. The number of hydrogen-bond acceptors (Lipinski definition) is 1. The highest BCUT2D eigenvalue weighted by Crippen LogP contribution is 2.43. The number of hydrogen-bond donors (Lipinski definition) is 0. The maximum atomic E-state index is 6.15. The van der Waals surface area contributed by atoms with E-state index in [1.807, 2.05) is 12.1 Å². The third kappa shape index (κ3) is 3.63. The molecule has 8 rings (SSSR count). The molecule has 0 amide bonds. The molecule has 1 nitrogen and oxygen atoms in total. The van der Waals surface area contributed by atoms with Crippen LogP contribution in [0.15, 0.2) is 144 Å². The highest BCUT2D eigenvalue weighted by molar-refractivity contribution is 6.25. The minimum Gasteiger partial charge on any atom is -0.456 e. The van der Waals surface area contributed by atoms with Gasteiger partial charge in [-0.1, -0.05) is 133 Å². The number of furan rings is 1. The Balaban J connectivity index is 1.31. The lowest BCUT2D eigenvalue weighted by atomic mass is 9.86. The Bertz CT molecular complexity index is 2230. The molecular weight excluding hydrogens is 484 g/mol. The van der Waals surface area contributed by atoms with Crippen molar-refractivity contribution in [1.29, 1.82) is 0 Å². The first-order valence-corrected chi connectivity index (χ1v) is 13.8. The smallest absolute Gasteiger partial charge is 0.135 e. The minimum atomic E-state index is 0.830. The van der Waals surface area contributed by atoms with Gasteiger partial charge in [0.25, 0.3) is 0 Å². The van der Waals surface area contributed by atoms with Gasteiger partial charge in [0.05, 0.1) is 0 Å². The van der Waals surface area contributed by atoms with Crippen LogP contribution in [0.5, 0.6) is 0 Å². The van der Waals surface area contributed by atoms with E-state index in [4.69, 9.17) is 4.42 Å². The summed E-state index contributed by atoms with van der Waals surface area (Å²) >= 11 is 0. The fraction of sp³-hybridized carbons (Fsp3) is 0.0256. The van der Waals surface area contributed by atoms with E-state index in [1.54, 1.807) is 0 Å². The molecule has 0 radical (unpaired) electrons. The molecule has 0 aliphatic carbocycles. The summed E-state index contributed by atoms with van der Waals surface area (Å²) in [6.07, 6.45) is 5.44. The second-order valence-electron chi connectivity index (χ2n) is 10.4. The summed E-state index contributed by atoms with van der Waals surface area (Å²) in [4.78, 5) is 0. The van der Waals surface area contributed by atoms with Crippen molar-refractivity contribution in [3.05, 3.63) is 151 Å². The molecule has 8 aromatic rings. The Hall–Kier alpha value is -5.14. The SMILES string of the molecule is C(=C\c1c2ccccc2c(-c2ccccc2)c2c1ccc1ccccc12)/Cc1ccc2c(c1)oc1ccccc12. The Labute approximate surface area is 232 Å². The van der Waals surface area contributed by atoms with E-state index in [-0.39, 0.29) is 0 Å². The number of para-hydroxylation sites is 1. The van der Waals surface area contributed by atoms with Gasteiger partial charge in [0.1, 0.15) is 11.2 Å².